The van der Waals surface area contributed by atoms with Crippen LogP contribution in [0.25, 0.3) is 0 Å². The van der Waals surface area contributed by atoms with Gasteiger partial charge in [-0.15, -0.1) is 11.3 Å². The van der Waals surface area contributed by atoms with Gasteiger partial charge in [0.1, 0.15) is 17.3 Å². The molecule has 0 saturated carbocycles. The monoisotopic (exact) mass is 460 g/mol. The minimum atomic E-state index is -0.258. The van der Waals surface area contributed by atoms with Crippen LogP contribution in [0.2, 0.25) is 4.34 Å². The van der Waals surface area contributed by atoms with Gasteiger partial charge in [-0.25, -0.2) is 0 Å². The lowest BCUT2D eigenvalue weighted by Gasteiger charge is -2.20. The number of aromatic nitrogens is 2. The van der Waals surface area contributed by atoms with Gasteiger partial charge in [-0.3, -0.25) is 4.79 Å². The number of anilines is 1. The zero-order chi connectivity index (χ0) is 21.8. The van der Waals surface area contributed by atoms with E-state index in [2.05, 4.69) is 10.6 Å². The minimum Gasteiger partial charge on any atom is -0.497 e. The van der Waals surface area contributed by atoms with Crippen LogP contribution >= 0.6 is 22.9 Å². The first kappa shape index (κ1) is 21.7. The van der Waals surface area contributed by atoms with E-state index in [4.69, 9.17) is 26.2 Å². The van der Waals surface area contributed by atoms with E-state index >= 15 is 0 Å². The highest BCUT2D eigenvalue weighted by atomic mass is 35.5. The van der Waals surface area contributed by atoms with Crippen LogP contribution in [0.15, 0.2) is 36.4 Å². The third kappa shape index (κ3) is 4.87. The summed E-state index contributed by atoms with van der Waals surface area (Å²) in [6, 6.07) is 11.0. The van der Waals surface area contributed by atoms with Crippen LogP contribution in [-0.4, -0.2) is 43.0 Å². The van der Waals surface area contributed by atoms with Crippen molar-refractivity contribution in [2.45, 2.75) is 25.3 Å². The number of rotatable bonds is 7. The van der Waals surface area contributed by atoms with Crippen molar-refractivity contribution in [1.29, 1.82) is 0 Å². The van der Waals surface area contributed by atoms with E-state index in [1.54, 1.807) is 25.3 Å². The Labute approximate surface area is 190 Å². The third-order valence-electron chi connectivity index (χ3n) is 5.39. The molecule has 1 aliphatic rings. The van der Waals surface area contributed by atoms with Gasteiger partial charge in [-0.1, -0.05) is 11.6 Å². The highest BCUT2D eigenvalue weighted by Gasteiger charge is 2.24. The molecule has 2 N–H and O–H groups in total. The van der Waals surface area contributed by atoms with E-state index in [9.17, 15) is 4.79 Å². The van der Waals surface area contributed by atoms with E-state index in [0.29, 0.717) is 35.3 Å². The second-order valence-corrected chi connectivity index (χ2v) is 9.12. The van der Waals surface area contributed by atoms with Crippen molar-refractivity contribution in [1.82, 2.24) is 15.1 Å². The average Bonchev–Trinajstić information content (AvgIpc) is 3.43. The number of hydrogen-bond acceptors (Lipinski definition) is 7. The van der Waals surface area contributed by atoms with E-state index in [1.165, 1.54) is 23.1 Å². The zero-order valence-corrected chi connectivity index (χ0v) is 19.1. The highest BCUT2D eigenvalue weighted by Crippen LogP contribution is 2.30. The number of benzene rings is 1. The molecule has 0 aliphatic carbocycles. The smallest absolute Gasteiger partial charge is 0.283 e. The van der Waals surface area contributed by atoms with Gasteiger partial charge in [-0.05, 0) is 50.2 Å². The van der Waals surface area contributed by atoms with Crippen molar-refractivity contribution in [3.63, 3.8) is 0 Å². The predicted molar refractivity (Wildman–Crippen MR) is 123 cm³/mol. The van der Waals surface area contributed by atoms with E-state index in [1.807, 2.05) is 18.2 Å². The first-order chi connectivity index (χ1) is 15.1. The van der Waals surface area contributed by atoms with Crippen molar-refractivity contribution in [2.75, 3.05) is 32.6 Å². The summed E-state index contributed by atoms with van der Waals surface area (Å²) >= 11 is 7.57. The lowest BCUT2D eigenvalue weighted by molar-refractivity contribution is 0.0943. The summed E-state index contributed by atoms with van der Waals surface area (Å²) in [6.07, 6.45) is 1.99. The van der Waals surface area contributed by atoms with Crippen LogP contribution in [-0.2, 0) is 6.54 Å². The molecule has 9 heteroatoms. The maximum absolute atomic E-state index is 13.5. The van der Waals surface area contributed by atoms with Crippen LogP contribution in [0.1, 0.15) is 39.7 Å². The summed E-state index contributed by atoms with van der Waals surface area (Å²) < 4.78 is 12.9. The molecule has 0 radical (unpaired) electrons. The molecule has 7 nitrogen and oxygen atoms in total. The quantitative estimate of drug-likeness (QED) is 0.544. The molecule has 1 fully saturated rings. The average molecular weight is 461 g/mol. The molecule has 1 aromatic carbocycles. The van der Waals surface area contributed by atoms with Gasteiger partial charge in [0.2, 0.25) is 0 Å². The molecule has 0 spiro atoms. The van der Waals surface area contributed by atoms with Crippen molar-refractivity contribution in [2.24, 2.45) is 0 Å². The Hall–Kier alpha value is -2.55. The number of carbonyl (C=O) groups excluding carboxylic acids is 1. The molecule has 0 unspecified atom stereocenters. The molecule has 2 aromatic heterocycles. The number of carbonyl (C=O) groups is 1. The number of halogens is 1. The number of piperidine rings is 1. The highest BCUT2D eigenvalue weighted by molar-refractivity contribution is 7.16. The van der Waals surface area contributed by atoms with Crippen molar-refractivity contribution in [3.05, 3.63) is 56.9 Å². The summed E-state index contributed by atoms with van der Waals surface area (Å²) in [4.78, 5) is 14.5. The first-order valence-corrected chi connectivity index (χ1v) is 11.3. The topological polar surface area (TPSA) is 77.4 Å². The number of nitrogens with zero attached hydrogens (tertiary/aromatic N) is 2. The van der Waals surface area contributed by atoms with Crippen molar-refractivity contribution < 1.29 is 14.3 Å². The SMILES string of the molecule is COc1ccc(C(=O)n2nc(C3CCNCC3)cc2NCc2ccc(Cl)s2)c(OC)c1. The van der Waals surface area contributed by atoms with E-state index in [-0.39, 0.29) is 5.91 Å². The second-order valence-electron chi connectivity index (χ2n) is 7.32. The van der Waals surface area contributed by atoms with Crippen LogP contribution < -0.4 is 20.1 Å². The molecule has 0 atom stereocenters. The molecular formula is C22H25ClN4O3S. The van der Waals surface area contributed by atoms with E-state index in [0.717, 1.165) is 40.8 Å². The summed E-state index contributed by atoms with van der Waals surface area (Å²) in [5.41, 5.74) is 1.35. The van der Waals surface area contributed by atoms with Crippen LogP contribution in [0.4, 0.5) is 5.82 Å². The lowest BCUT2D eigenvalue weighted by Crippen LogP contribution is -2.27. The van der Waals surface area contributed by atoms with Crippen LogP contribution in [0.5, 0.6) is 11.5 Å². The standard InChI is InChI=1S/C22H25ClN4O3S/c1-29-15-3-5-17(19(11-15)30-2)22(28)27-21(25-13-16-4-6-20(23)31-16)12-18(26-27)14-7-9-24-10-8-14/h3-6,11-12,14,24-25H,7-10,13H2,1-2H3. The predicted octanol–water partition coefficient (Wildman–Crippen LogP) is 4.38. The molecule has 0 amide bonds. The Morgan fingerprint density at radius 2 is 2.03 bits per heavy atom. The number of ether oxygens (including phenoxy) is 2. The summed E-state index contributed by atoms with van der Waals surface area (Å²) in [6.45, 7) is 2.46. The fourth-order valence-electron chi connectivity index (χ4n) is 3.71. The number of hydrogen-bond donors (Lipinski definition) is 2. The lowest BCUT2D eigenvalue weighted by atomic mass is 9.95. The fourth-order valence-corrected chi connectivity index (χ4v) is 4.74. The maximum Gasteiger partial charge on any atom is 0.283 e. The maximum atomic E-state index is 13.5. The molecule has 164 valence electrons. The summed E-state index contributed by atoms with van der Waals surface area (Å²) in [7, 11) is 3.11. The van der Waals surface area contributed by atoms with Crippen LogP contribution in [0.3, 0.4) is 0 Å². The molecule has 3 aromatic rings. The number of methoxy groups -OCH3 is 2. The van der Waals surface area contributed by atoms with Crippen molar-refractivity contribution >= 4 is 34.7 Å². The Morgan fingerprint density at radius 1 is 1.23 bits per heavy atom. The van der Waals surface area contributed by atoms with Gasteiger partial charge < -0.3 is 20.1 Å². The van der Waals surface area contributed by atoms with Gasteiger partial charge >= 0.3 is 0 Å². The Balaban J connectivity index is 1.66. The fraction of sp³-hybridized carbons (Fsp3) is 0.364. The number of thiophene rings is 1. The normalized spacial score (nSPS) is 14.4. The largest absolute Gasteiger partial charge is 0.497 e. The Bertz CT molecular complexity index is 1060. The van der Waals surface area contributed by atoms with Crippen LogP contribution in [0, 0.1) is 0 Å². The molecule has 0 bridgehead atoms. The summed E-state index contributed by atoms with van der Waals surface area (Å²) in [5.74, 6) is 1.79. The van der Waals surface area contributed by atoms with Gasteiger partial charge in [0.25, 0.3) is 5.91 Å². The zero-order valence-electron chi connectivity index (χ0n) is 17.5. The van der Waals surface area contributed by atoms with Gasteiger partial charge in [0, 0.05) is 22.9 Å². The Morgan fingerprint density at radius 3 is 2.71 bits per heavy atom. The Kier molecular flexibility index (Phi) is 6.80. The molecule has 31 heavy (non-hydrogen) atoms. The second kappa shape index (κ2) is 9.72. The molecule has 4 rings (SSSR count). The van der Waals surface area contributed by atoms with E-state index < -0.39 is 0 Å². The number of nitrogens with one attached hydrogen (secondary N) is 2. The first-order valence-electron chi connectivity index (χ1n) is 10.1. The molecular weight excluding hydrogens is 436 g/mol. The molecule has 1 aliphatic heterocycles. The minimum absolute atomic E-state index is 0.258. The van der Waals surface area contributed by atoms with Gasteiger partial charge in [0.15, 0.2) is 0 Å². The van der Waals surface area contributed by atoms with Gasteiger partial charge in [0.05, 0.1) is 36.4 Å². The molecule has 3 heterocycles. The van der Waals surface area contributed by atoms with Crippen molar-refractivity contribution in [3.8, 4) is 11.5 Å². The molecule has 1 saturated heterocycles. The van der Waals surface area contributed by atoms with Gasteiger partial charge in [-0.2, -0.15) is 9.78 Å². The summed E-state index contributed by atoms with van der Waals surface area (Å²) in [5, 5.41) is 11.4. The third-order valence-corrected chi connectivity index (χ3v) is 6.62.